The van der Waals surface area contributed by atoms with E-state index < -0.39 is 32.9 Å². The first-order valence-electron chi connectivity index (χ1n) is 20.4. The van der Waals surface area contributed by atoms with Crippen molar-refractivity contribution in [1.29, 1.82) is 0 Å². The molecule has 0 aliphatic carbocycles. The topological polar surface area (TPSA) is 44.5 Å². The quantitative estimate of drug-likeness (QED) is 0.172. The van der Waals surface area contributed by atoms with E-state index >= 15 is 0 Å². The second kappa shape index (κ2) is 10.6. The van der Waals surface area contributed by atoms with Gasteiger partial charge in [0.25, 0.3) is 0 Å². The van der Waals surface area contributed by atoms with Crippen LogP contribution in [0.2, 0.25) is 0 Å². The summed E-state index contributed by atoms with van der Waals surface area (Å²) in [6.07, 6.45) is -4.94. The highest BCUT2D eigenvalue weighted by Gasteiger charge is 2.21. The molecule has 0 unspecified atom stereocenters. The number of hydrogen-bond donors (Lipinski definition) is 0. The molecular weight excluding hydrogens is 564 g/mol. The largest absolute Gasteiger partial charge is 0.278 e. The highest BCUT2D eigenvalue weighted by molar-refractivity contribution is 5.95. The van der Waals surface area contributed by atoms with Gasteiger partial charge in [0.05, 0.1) is 55.5 Å². The second-order valence-electron chi connectivity index (χ2n) is 11.5. The summed E-state index contributed by atoms with van der Waals surface area (Å²) < 4.78 is 87.9. The highest BCUT2D eigenvalue weighted by Crippen LogP contribution is 2.34. The van der Waals surface area contributed by atoms with Gasteiger partial charge in [-0.3, -0.25) is 17.9 Å². The van der Waals surface area contributed by atoms with Crippen molar-refractivity contribution in [3.8, 4) is 11.4 Å². The number of para-hydroxylation sites is 6. The molecule has 0 saturated heterocycles. The molecule has 6 heteroatoms. The van der Waals surface area contributed by atoms with E-state index in [1.54, 1.807) is 0 Å². The predicted octanol–water partition coefficient (Wildman–Crippen LogP) is 9.86. The molecule has 0 atom stereocenters. The molecule has 4 aromatic heterocycles. The molecule has 9 aromatic rings. The first kappa shape index (κ1) is 18.6. The Labute approximate surface area is 281 Å². The standard InChI is InChI=1S/C40H36N6/c1-3-5-14-27-16-11-24-35-37(27)41-39-43(31-20-7-9-22-33(31)45(35)39)29-18-13-19-30(26-29)44-32-21-8-10-23-34(32)46-36-25-12-17-28(15-6-4-2)38(36)42-40(44)46/h7-13,16-26H,3-6,14-15H2,1-2H3/i1D3,2D3,3D2,6D2. The van der Waals surface area contributed by atoms with Gasteiger partial charge in [-0.25, -0.2) is 9.97 Å². The summed E-state index contributed by atoms with van der Waals surface area (Å²) in [6, 6.07) is 35.4. The van der Waals surface area contributed by atoms with Crippen molar-refractivity contribution in [3.63, 3.8) is 0 Å². The zero-order valence-corrected chi connectivity index (χ0v) is 24.9. The Morgan fingerprint density at radius 1 is 0.565 bits per heavy atom. The number of fused-ring (bicyclic) bond motifs is 10. The van der Waals surface area contributed by atoms with Crippen LogP contribution in [0.25, 0.3) is 67.1 Å². The zero-order chi connectivity index (χ0) is 39.4. The van der Waals surface area contributed by atoms with Gasteiger partial charge in [0.1, 0.15) is 0 Å². The number of benzene rings is 5. The molecule has 0 fully saturated rings. The molecule has 46 heavy (non-hydrogen) atoms. The van der Waals surface area contributed by atoms with Crippen LogP contribution >= 0.6 is 0 Å². The summed E-state index contributed by atoms with van der Waals surface area (Å²) in [5.74, 6) is 1.27. The van der Waals surface area contributed by atoms with Gasteiger partial charge in [-0.05, 0) is 91.4 Å². The first-order valence-corrected chi connectivity index (χ1v) is 15.4. The van der Waals surface area contributed by atoms with E-state index in [9.17, 15) is 0 Å². The van der Waals surface area contributed by atoms with E-state index in [1.165, 1.54) is 0 Å². The molecule has 226 valence electrons. The molecule has 0 amide bonds. The van der Waals surface area contributed by atoms with E-state index in [0.717, 1.165) is 50.0 Å². The van der Waals surface area contributed by atoms with E-state index in [4.69, 9.17) is 23.7 Å². The minimum atomic E-state index is -2.74. The van der Waals surface area contributed by atoms with Gasteiger partial charge in [-0.1, -0.05) is 81.1 Å². The van der Waals surface area contributed by atoms with Crippen molar-refractivity contribution in [2.24, 2.45) is 0 Å². The fraction of sp³-hybridized carbons (Fsp3) is 0.200. The fourth-order valence-electron chi connectivity index (χ4n) is 6.98. The Bertz CT molecular complexity index is 2980. The lowest BCUT2D eigenvalue weighted by Gasteiger charge is -2.10. The molecule has 0 bridgehead atoms. The van der Waals surface area contributed by atoms with Crippen molar-refractivity contribution >= 4 is 55.7 Å². The maximum atomic E-state index is 8.54. The molecule has 0 radical (unpaired) electrons. The molecule has 4 heterocycles. The van der Waals surface area contributed by atoms with Crippen LogP contribution in [-0.4, -0.2) is 27.9 Å². The lowest BCUT2D eigenvalue weighted by molar-refractivity contribution is 0.798. The number of rotatable bonds is 8. The van der Waals surface area contributed by atoms with Crippen molar-refractivity contribution in [2.75, 3.05) is 0 Å². The number of aromatic nitrogens is 6. The Balaban J connectivity index is 1.21. The SMILES string of the molecule is [2H]C([2H])([2H])CC([2H])([2H])Cc1cccc2c1nc1n(-c3cccc(-n4c5ccccc5n5c6cccc(CCC([2H])([2H])C([2H])([2H])[2H])c6nc45)c3)c3ccccc3n21. The van der Waals surface area contributed by atoms with Crippen LogP contribution in [0, 0.1) is 0 Å². The minimum absolute atomic E-state index is 0.0973. The van der Waals surface area contributed by atoms with Crippen LogP contribution in [0.4, 0.5) is 0 Å². The van der Waals surface area contributed by atoms with E-state index in [1.807, 2.05) is 103 Å². The Morgan fingerprint density at radius 2 is 1.09 bits per heavy atom. The van der Waals surface area contributed by atoms with Crippen LogP contribution in [-0.2, 0) is 12.8 Å². The normalized spacial score (nSPS) is 16.6. The van der Waals surface area contributed by atoms with Crippen LogP contribution in [0.1, 0.15) is 64.1 Å². The van der Waals surface area contributed by atoms with Crippen LogP contribution in [0.3, 0.4) is 0 Å². The zero-order valence-electron chi connectivity index (χ0n) is 34.9. The molecule has 5 aromatic carbocycles. The molecule has 0 N–H and O–H groups in total. The summed E-state index contributed by atoms with van der Waals surface area (Å²) in [5.41, 5.74) is 9.62. The molecule has 6 nitrogen and oxygen atoms in total. The summed E-state index contributed by atoms with van der Waals surface area (Å²) in [4.78, 5) is 10.3. The molecule has 0 spiro atoms. The van der Waals surface area contributed by atoms with Crippen molar-refractivity contribution < 1.29 is 13.7 Å². The fourth-order valence-corrected chi connectivity index (χ4v) is 6.98. The lowest BCUT2D eigenvalue weighted by Crippen LogP contribution is -2.00. The summed E-state index contributed by atoms with van der Waals surface area (Å²) in [7, 11) is 0. The van der Waals surface area contributed by atoms with Crippen LogP contribution < -0.4 is 0 Å². The summed E-state index contributed by atoms with van der Waals surface area (Å²) in [6.45, 7) is -5.15. The third-order valence-corrected chi connectivity index (χ3v) is 8.93. The van der Waals surface area contributed by atoms with Crippen molar-refractivity contribution in [2.45, 2.75) is 52.1 Å². The van der Waals surface area contributed by atoms with Gasteiger partial charge >= 0.3 is 0 Å². The maximum absolute atomic E-state index is 8.54. The molecular formula is C40H36N6. The molecule has 0 aliphatic rings. The third-order valence-electron chi connectivity index (χ3n) is 8.93. The Hall–Kier alpha value is -5.36. The monoisotopic (exact) mass is 610 g/mol. The number of imidazole rings is 4. The van der Waals surface area contributed by atoms with Gasteiger partial charge in [-0.15, -0.1) is 0 Å². The van der Waals surface area contributed by atoms with Gasteiger partial charge in [0.15, 0.2) is 0 Å². The van der Waals surface area contributed by atoms with Crippen molar-refractivity contribution in [3.05, 3.63) is 120 Å². The smallest absolute Gasteiger partial charge is 0.220 e. The molecule has 0 saturated carbocycles. The number of aryl methyl sites for hydroxylation is 2. The summed E-state index contributed by atoms with van der Waals surface area (Å²) in [5, 5.41) is 0. The first-order chi connectivity index (χ1) is 26.5. The highest BCUT2D eigenvalue weighted by atomic mass is 15.2. The van der Waals surface area contributed by atoms with Gasteiger partial charge in [0.2, 0.25) is 11.6 Å². The Morgan fingerprint density at radius 3 is 1.65 bits per heavy atom. The van der Waals surface area contributed by atoms with Gasteiger partial charge in [-0.2, -0.15) is 0 Å². The number of hydrogen-bond acceptors (Lipinski definition) is 2. The average molecular weight is 611 g/mol. The van der Waals surface area contributed by atoms with Crippen LogP contribution in [0.5, 0.6) is 0 Å². The van der Waals surface area contributed by atoms with E-state index in [-0.39, 0.29) is 19.3 Å². The van der Waals surface area contributed by atoms with Gasteiger partial charge in [0, 0.05) is 13.7 Å². The molecule has 0 aliphatic heterocycles. The summed E-state index contributed by atoms with van der Waals surface area (Å²) >= 11 is 0. The molecule has 9 rings (SSSR count). The van der Waals surface area contributed by atoms with E-state index in [2.05, 4.69) is 24.0 Å². The van der Waals surface area contributed by atoms with Crippen molar-refractivity contribution in [1.82, 2.24) is 27.9 Å². The maximum Gasteiger partial charge on any atom is 0.220 e. The number of nitrogens with zero attached hydrogens (tertiary/aromatic N) is 6. The minimum Gasteiger partial charge on any atom is -0.278 e. The average Bonchev–Trinajstić information content (AvgIpc) is 3.86. The van der Waals surface area contributed by atoms with Crippen LogP contribution in [0.15, 0.2) is 109 Å². The third kappa shape index (κ3) is 3.89. The Kier molecular flexibility index (Phi) is 4.29. The van der Waals surface area contributed by atoms with Gasteiger partial charge < -0.3 is 0 Å². The lowest BCUT2D eigenvalue weighted by atomic mass is 10.1. The second-order valence-corrected chi connectivity index (χ2v) is 11.5. The predicted molar refractivity (Wildman–Crippen MR) is 190 cm³/mol. The van der Waals surface area contributed by atoms with E-state index in [0.29, 0.717) is 28.2 Å².